The van der Waals surface area contributed by atoms with Crippen LogP contribution in [-0.4, -0.2) is 41.7 Å². The lowest BCUT2D eigenvalue weighted by atomic mass is 10.2. The maximum absolute atomic E-state index is 5.98. The lowest BCUT2D eigenvalue weighted by Crippen LogP contribution is -2.20. The fourth-order valence-electron chi connectivity index (χ4n) is 2.34. The van der Waals surface area contributed by atoms with Crippen molar-refractivity contribution in [1.82, 2.24) is 15.0 Å². The number of nitrogens with zero attached hydrogens (tertiary/aromatic N) is 4. The first-order chi connectivity index (χ1) is 9.69. The van der Waals surface area contributed by atoms with Gasteiger partial charge in [0.05, 0.1) is 0 Å². The van der Waals surface area contributed by atoms with Gasteiger partial charge in [-0.25, -0.2) is 0 Å². The van der Waals surface area contributed by atoms with Gasteiger partial charge in [0, 0.05) is 20.6 Å². The summed E-state index contributed by atoms with van der Waals surface area (Å²) in [5, 5.41) is 3.12. The van der Waals surface area contributed by atoms with Gasteiger partial charge in [0.15, 0.2) is 0 Å². The molecule has 1 fully saturated rings. The average Bonchev–Trinajstić information content (AvgIpc) is 2.67. The molecule has 20 heavy (non-hydrogen) atoms. The molecular formula is C14H25N5O. The summed E-state index contributed by atoms with van der Waals surface area (Å²) in [7, 11) is 3.83. The van der Waals surface area contributed by atoms with Crippen molar-refractivity contribution in [2.24, 2.45) is 0 Å². The van der Waals surface area contributed by atoms with Crippen LogP contribution in [0.5, 0.6) is 6.01 Å². The van der Waals surface area contributed by atoms with E-state index in [4.69, 9.17) is 4.74 Å². The second-order valence-corrected chi connectivity index (χ2v) is 5.40. The largest absolute Gasteiger partial charge is 0.460 e. The molecule has 0 bridgehead atoms. The van der Waals surface area contributed by atoms with Crippen molar-refractivity contribution in [1.29, 1.82) is 0 Å². The van der Waals surface area contributed by atoms with E-state index in [2.05, 4.69) is 20.3 Å². The lowest BCUT2D eigenvalue weighted by molar-refractivity contribution is 0.168. The van der Waals surface area contributed by atoms with Crippen LogP contribution in [0.2, 0.25) is 0 Å². The summed E-state index contributed by atoms with van der Waals surface area (Å²) in [6.07, 6.45) is 7.52. The van der Waals surface area contributed by atoms with Crippen LogP contribution in [0.15, 0.2) is 0 Å². The molecule has 1 aromatic rings. The van der Waals surface area contributed by atoms with Gasteiger partial charge in [-0.3, -0.25) is 0 Å². The fraction of sp³-hybridized carbons (Fsp3) is 0.786. The van der Waals surface area contributed by atoms with Crippen LogP contribution in [-0.2, 0) is 0 Å². The minimum absolute atomic E-state index is 0.240. The number of hydrogen-bond donors (Lipinski definition) is 1. The Morgan fingerprint density at radius 2 is 1.80 bits per heavy atom. The zero-order chi connectivity index (χ0) is 14.4. The monoisotopic (exact) mass is 279 g/mol. The molecule has 6 nitrogen and oxygen atoms in total. The number of nitrogens with one attached hydrogen (secondary N) is 1. The van der Waals surface area contributed by atoms with E-state index in [1.807, 2.05) is 25.9 Å². The summed E-state index contributed by atoms with van der Waals surface area (Å²) >= 11 is 0. The topological polar surface area (TPSA) is 63.2 Å². The summed E-state index contributed by atoms with van der Waals surface area (Å²) < 4.78 is 5.98. The Labute approximate surface area is 121 Å². The van der Waals surface area contributed by atoms with Crippen molar-refractivity contribution < 1.29 is 4.74 Å². The second kappa shape index (κ2) is 7.26. The minimum atomic E-state index is 0.240. The highest BCUT2D eigenvalue weighted by Crippen LogP contribution is 2.22. The smallest absolute Gasteiger partial charge is 0.323 e. The van der Waals surface area contributed by atoms with Gasteiger partial charge in [0.2, 0.25) is 11.9 Å². The quantitative estimate of drug-likeness (QED) is 0.835. The molecule has 0 amide bonds. The molecule has 0 aromatic carbocycles. The summed E-state index contributed by atoms with van der Waals surface area (Å²) in [4.78, 5) is 14.9. The Morgan fingerprint density at radius 3 is 2.40 bits per heavy atom. The standard InChI is InChI=1S/C14H25N5O/c1-4-15-12-16-13(19(2)3)18-14(17-12)20-11-9-7-5-6-8-10-11/h11H,4-10H2,1-3H3,(H,15,16,17,18). The molecule has 0 spiro atoms. The van der Waals surface area contributed by atoms with Gasteiger partial charge in [0.25, 0.3) is 0 Å². The van der Waals surface area contributed by atoms with E-state index in [1.165, 1.54) is 25.7 Å². The van der Waals surface area contributed by atoms with Gasteiger partial charge in [-0.1, -0.05) is 12.8 Å². The van der Waals surface area contributed by atoms with Crippen LogP contribution in [0.1, 0.15) is 45.4 Å². The molecule has 0 saturated heterocycles. The third-order valence-corrected chi connectivity index (χ3v) is 3.41. The van der Waals surface area contributed by atoms with Crippen LogP contribution in [0.4, 0.5) is 11.9 Å². The van der Waals surface area contributed by atoms with Crippen molar-refractivity contribution in [2.45, 2.75) is 51.6 Å². The van der Waals surface area contributed by atoms with Gasteiger partial charge in [-0.05, 0) is 32.6 Å². The normalized spacial score (nSPS) is 16.6. The first-order valence-electron chi connectivity index (χ1n) is 7.53. The van der Waals surface area contributed by atoms with Crippen molar-refractivity contribution in [3.8, 4) is 6.01 Å². The Balaban J connectivity index is 2.12. The van der Waals surface area contributed by atoms with Gasteiger partial charge >= 0.3 is 6.01 Å². The summed E-state index contributed by atoms with van der Waals surface area (Å²) in [5.74, 6) is 1.20. The molecule has 1 aromatic heterocycles. The number of hydrogen-bond acceptors (Lipinski definition) is 6. The van der Waals surface area contributed by atoms with Gasteiger partial charge in [-0.2, -0.15) is 15.0 Å². The molecular weight excluding hydrogens is 254 g/mol. The number of rotatable bonds is 5. The van der Waals surface area contributed by atoms with E-state index in [0.717, 1.165) is 19.4 Å². The molecule has 1 aliphatic rings. The Morgan fingerprint density at radius 1 is 1.10 bits per heavy atom. The van der Waals surface area contributed by atoms with Crippen molar-refractivity contribution in [3.63, 3.8) is 0 Å². The minimum Gasteiger partial charge on any atom is -0.460 e. The molecule has 0 unspecified atom stereocenters. The average molecular weight is 279 g/mol. The highest BCUT2D eigenvalue weighted by atomic mass is 16.5. The highest BCUT2D eigenvalue weighted by Gasteiger charge is 2.17. The molecule has 0 atom stereocenters. The van der Waals surface area contributed by atoms with Crippen LogP contribution in [0.3, 0.4) is 0 Å². The molecule has 1 N–H and O–H groups in total. The molecule has 0 aliphatic heterocycles. The number of ether oxygens (including phenoxy) is 1. The van der Waals surface area contributed by atoms with Gasteiger partial charge < -0.3 is 15.0 Å². The highest BCUT2D eigenvalue weighted by molar-refractivity contribution is 5.36. The van der Waals surface area contributed by atoms with Gasteiger partial charge in [0.1, 0.15) is 6.10 Å². The third-order valence-electron chi connectivity index (χ3n) is 3.41. The number of anilines is 2. The predicted octanol–water partition coefficient (Wildman–Crippen LogP) is 2.47. The van der Waals surface area contributed by atoms with E-state index in [9.17, 15) is 0 Å². The van der Waals surface area contributed by atoms with Crippen LogP contribution >= 0.6 is 0 Å². The summed E-state index contributed by atoms with van der Waals surface area (Å²) in [5.41, 5.74) is 0. The fourth-order valence-corrected chi connectivity index (χ4v) is 2.34. The molecule has 6 heteroatoms. The van der Waals surface area contributed by atoms with E-state index in [1.54, 1.807) is 0 Å². The zero-order valence-corrected chi connectivity index (χ0v) is 12.7. The van der Waals surface area contributed by atoms with Crippen molar-refractivity contribution in [3.05, 3.63) is 0 Å². The lowest BCUT2D eigenvalue weighted by Gasteiger charge is -2.17. The van der Waals surface area contributed by atoms with Crippen molar-refractivity contribution in [2.75, 3.05) is 30.9 Å². The molecule has 1 heterocycles. The maximum atomic E-state index is 5.98. The van der Waals surface area contributed by atoms with E-state index in [-0.39, 0.29) is 6.10 Å². The van der Waals surface area contributed by atoms with Crippen LogP contribution in [0.25, 0.3) is 0 Å². The Hall–Kier alpha value is -1.59. The van der Waals surface area contributed by atoms with Gasteiger partial charge in [-0.15, -0.1) is 0 Å². The third kappa shape index (κ3) is 4.21. The second-order valence-electron chi connectivity index (χ2n) is 5.40. The van der Waals surface area contributed by atoms with E-state index >= 15 is 0 Å². The first kappa shape index (κ1) is 14.8. The Bertz CT molecular complexity index is 416. The molecule has 2 rings (SSSR count). The van der Waals surface area contributed by atoms with Crippen molar-refractivity contribution >= 4 is 11.9 Å². The van der Waals surface area contributed by atoms with Crippen LogP contribution in [0, 0.1) is 0 Å². The Kier molecular flexibility index (Phi) is 5.38. The molecule has 0 radical (unpaired) electrons. The summed E-state index contributed by atoms with van der Waals surface area (Å²) in [6.45, 7) is 2.80. The van der Waals surface area contributed by atoms with E-state index in [0.29, 0.717) is 17.9 Å². The molecule has 112 valence electrons. The number of aromatic nitrogens is 3. The zero-order valence-electron chi connectivity index (χ0n) is 12.7. The van der Waals surface area contributed by atoms with E-state index < -0.39 is 0 Å². The SMILES string of the molecule is CCNc1nc(OC2CCCCCC2)nc(N(C)C)n1. The maximum Gasteiger partial charge on any atom is 0.323 e. The first-order valence-corrected chi connectivity index (χ1v) is 7.53. The predicted molar refractivity (Wildman–Crippen MR) is 80.4 cm³/mol. The molecule has 1 aliphatic carbocycles. The molecule has 1 saturated carbocycles. The van der Waals surface area contributed by atoms with Crippen LogP contribution < -0.4 is 15.0 Å². The summed E-state index contributed by atoms with van der Waals surface area (Å²) in [6, 6.07) is 0.437.